The standard InChI is InChI=1S/C10H7Br.C6H4Cl2/c11-10-7-3-5-8-4-1-2-6-9(8)10;7-5-1-2-6(8)4-3-5/h1-7H;1-4H. The zero-order valence-electron chi connectivity index (χ0n) is 9.98. The van der Waals surface area contributed by atoms with E-state index in [2.05, 4.69) is 46.3 Å². The number of benzene rings is 3. The molecule has 96 valence electrons. The van der Waals surface area contributed by atoms with Crippen molar-refractivity contribution in [2.45, 2.75) is 0 Å². The zero-order valence-corrected chi connectivity index (χ0v) is 13.1. The minimum Gasteiger partial charge on any atom is -0.0843 e. The maximum absolute atomic E-state index is 5.55. The molecule has 0 radical (unpaired) electrons. The summed E-state index contributed by atoms with van der Waals surface area (Å²) in [6.07, 6.45) is 0. The van der Waals surface area contributed by atoms with E-state index in [1.165, 1.54) is 10.8 Å². The molecule has 0 aliphatic rings. The van der Waals surface area contributed by atoms with Crippen molar-refractivity contribution >= 4 is 49.9 Å². The second-order valence-electron chi connectivity index (χ2n) is 3.90. The van der Waals surface area contributed by atoms with Gasteiger partial charge in [0.25, 0.3) is 0 Å². The number of hydrogen-bond acceptors (Lipinski definition) is 0. The zero-order chi connectivity index (χ0) is 13.7. The SMILES string of the molecule is Brc1cccc2ccccc12.Clc1ccc(Cl)cc1. The predicted octanol–water partition coefficient (Wildman–Crippen LogP) is 6.60. The first-order chi connectivity index (χ1) is 9.16. The molecule has 0 aliphatic heterocycles. The van der Waals surface area contributed by atoms with Gasteiger partial charge in [0.1, 0.15) is 0 Å². The van der Waals surface area contributed by atoms with Crippen LogP contribution in [0.25, 0.3) is 10.8 Å². The van der Waals surface area contributed by atoms with Crippen molar-refractivity contribution in [3.63, 3.8) is 0 Å². The van der Waals surface area contributed by atoms with Gasteiger partial charge in [-0.15, -0.1) is 0 Å². The first-order valence-corrected chi connectivity index (χ1v) is 7.26. The first kappa shape index (κ1) is 14.4. The molecule has 3 aromatic rings. The van der Waals surface area contributed by atoms with E-state index >= 15 is 0 Å². The van der Waals surface area contributed by atoms with Crippen LogP contribution < -0.4 is 0 Å². The molecule has 0 N–H and O–H groups in total. The van der Waals surface area contributed by atoms with Gasteiger partial charge < -0.3 is 0 Å². The molecule has 19 heavy (non-hydrogen) atoms. The lowest BCUT2D eigenvalue weighted by Gasteiger charge is -1.97. The van der Waals surface area contributed by atoms with Crippen LogP contribution in [0.5, 0.6) is 0 Å². The lowest BCUT2D eigenvalue weighted by molar-refractivity contribution is 1.71. The van der Waals surface area contributed by atoms with E-state index in [1.54, 1.807) is 24.3 Å². The highest BCUT2D eigenvalue weighted by Crippen LogP contribution is 2.22. The van der Waals surface area contributed by atoms with Crippen molar-refractivity contribution in [2.75, 3.05) is 0 Å². The molecular weight excluding hydrogens is 343 g/mol. The summed E-state index contributed by atoms with van der Waals surface area (Å²) in [5.74, 6) is 0. The Morgan fingerprint density at radius 1 is 0.632 bits per heavy atom. The summed E-state index contributed by atoms with van der Waals surface area (Å²) in [5.41, 5.74) is 0. The van der Waals surface area contributed by atoms with Crippen molar-refractivity contribution in [1.29, 1.82) is 0 Å². The quantitative estimate of drug-likeness (QED) is 0.427. The normalized spacial score (nSPS) is 9.84. The number of rotatable bonds is 0. The lowest BCUT2D eigenvalue weighted by atomic mass is 10.1. The van der Waals surface area contributed by atoms with E-state index in [-0.39, 0.29) is 0 Å². The molecule has 0 amide bonds. The fraction of sp³-hybridized carbons (Fsp3) is 0. The minimum atomic E-state index is 0.717. The number of fused-ring (bicyclic) bond motifs is 1. The van der Waals surface area contributed by atoms with Crippen LogP contribution in [0, 0.1) is 0 Å². The summed E-state index contributed by atoms with van der Waals surface area (Å²) in [5, 5.41) is 3.99. The fourth-order valence-electron chi connectivity index (χ4n) is 1.62. The molecule has 0 unspecified atom stereocenters. The summed E-state index contributed by atoms with van der Waals surface area (Å²) in [4.78, 5) is 0. The van der Waals surface area contributed by atoms with Gasteiger partial charge in [-0.3, -0.25) is 0 Å². The molecule has 0 saturated carbocycles. The van der Waals surface area contributed by atoms with E-state index in [1.807, 2.05) is 12.1 Å². The highest BCUT2D eigenvalue weighted by atomic mass is 79.9. The lowest BCUT2D eigenvalue weighted by Crippen LogP contribution is -1.71. The summed E-state index contributed by atoms with van der Waals surface area (Å²) in [6.45, 7) is 0. The van der Waals surface area contributed by atoms with E-state index in [0.29, 0.717) is 0 Å². The van der Waals surface area contributed by atoms with Crippen molar-refractivity contribution in [1.82, 2.24) is 0 Å². The average molecular weight is 354 g/mol. The van der Waals surface area contributed by atoms with Crippen LogP contribution in [0.4, 0.5) is 0 Å². The molecule has 3 rings (SSSR count). The highest BCUT2D eigenvalue weighted by Gasteiger charge is 1.93. The van der Waals surface area contributed by atoms with Crippen molar-refractivity contribution in [2.24, 2.45) is 0 Å². The van der Waals surface area contributed by atoms with Gasteiger partial charge in [-0.1, -0.05) is 75.5 Å². The third kappa shape index (κ3) is 4.24. The molecule has 0 aliphatic carbocycles. The van der Waals surface area contributed by atoms with Gasteiger partial charge in [0.05, 0.1) is 0 Å². The second-order valence-corrected chi connectivity index (χ2v) is 5.62. The monoisotopic (exact) mass is 352 g/mol. The van der Waals surface area contributed by atoms with Crippen molar-refractivity contribution in [3.8, 4) is 0 Å². The molecule has 0 aromatic heterocycles. The molecule has 0 atom stereocenters. The predicted molar refractivity (Wildman–Crippen MR) is 88.1 cm³/mol. The Bertz CT molecular complexity index is 637. The molecule has 0 bridgehead atoms. The minimum absolute atomic E-state index is 0.717. The topological polar surface area (TPSA) is 0 Å². The van der Waals surface area contributed by atoms with Gasteiger partial charge in [-0.2, -0.15) is 0 Å². The molecule has 0 heterocycles. The van der Waals surface area contributed by atoms with E-state index in [4.69, 9.17) is 23.2 Å². The Morgan fingerprint density at radius 2 is 1.16 bits per heavy atom. The smallest absolute Gasteiger partial charge is 0.0407 e. The van der Waals surface area contributed by atoms with Crippen LogP contribution in [-0.4, -0.2) is 0 Å². The van der Waals surface area contributed by atoms with Crippen molar-refractivity contribution in [3.05, 3.63) is 81.2 Å². The maximum atomic E-state index is 5.55. The molecule has 0 spiro atoms. The van der Waals surface area contributed by atoms with E-state index in [0.717, 1.165) is 14.5 Å². The van der Waals surface area contributed by atoms with E-state index < -0.39 is 0 Å². The van der Waals surface area contributed by atoms with Crippen LogP contribution in [0.15, 0.2) is 71.2 Å². The Morgan fingerprint density at radius 3 is 1.74 bits per heavy atom. The Balaban J connectivity index is 0.000000148. The molecule has 0 fully saturated rings. The van der Waals surface area contributed by atoms with Crippen LogP contribution in [0.3, 0.4) is 0 Å². The van der Waals surface area contributed by atoms with Gasteiger partial charge in [0.2, 0.25) is 0 Å². The van der Waals surface area contributed by atoms with Gasteiger partial charge in [-0.05, 0) is 41.1 Å². The summed E-state index contributed by atoms with van der Waals surface area (Å²) < 4.78 is 1.16. The maximum Gasteiger partial charge on any atom is 0.0407 e. The van der Waals surface area contributed by atoms with Crippen LogP contribution in [0.2, 0.25) is 10.0 Å². The third-order valence-corrected chi connectivity index (χ3v) is 3.74. The van der Waals surface area contributed by atoms with Crippen LogP contribution >= 0.6 is 39.1 Å². The molecule has 0 saturated heterocycles. The van der Waals surface area contributed by atoms with Gasteiger partial charge >= 0.3 is 0 Å². The number of hydrogen-bond donors (Lipinski definition) is 0. The summed E-state index contributed by atoms with van der Waals surface area (Å²) in [7, 11) is 0. The van der Waals surface area contributed by atoms with E-state index in [9.17, 15) is 0 Å². The van der Waals surface area contributed by atoms with Gasteiger partial charge in [-0.25, -0.2) is 0 Å². The van der Waals surface area contributed by atoms with Gasteiger partial charge in [0.15, 0.2) is 0 Å². The summed E-state index contributed by atoms with van der Waals surface area (Å²) >= 11 is 14.6. The number of halogens is 3. The molecular formula is C16H11BrCl2. The summed E-state index contributed by atoms with van der Waals surface area (Å²) in [6, 6.07) is 21.6. The largest absolute Gasteiger partial charge is 0.0843 e. The Labute approximate surface area is 131 Å². The first-order valence-electron chi connectivity index (χ1n) is 5.71. The molecule has 0 nitrogen and oxygen atoms in total. The Hall–Kier alpha value is -1.02. The van der Waals surface area contributed by atoms with Crippen molar-refractivity contribution < 1.29 is 0 Å². The second kappa shape index (κ2) is 6.95. The average Bonchev–Trinajstić information content (AvgIpc) is 2.44. The third-order valence-electron chi connectivity index (χ3n) is 2.54. The Kier molecular flexibility index (Phi) is 5.26. The molecule has 3 aromatic carbocycles. The van der Waals surface area contributed by atoms with Crippen LogP contribution in [-0.2, 0) is 0 Å². The fourth-order valence-corrected chi connectivity index (χ4v) is 2.38. The van der Waals surface area contributed by atoms with Crippen LogP contribution in [0.1, 0.15) is 0 Å². The molecule has 3 heteroatoms. The highest BCUT2D eigenvalue weighted by molar-refractivity contribution is 9.10. The van der Waals surface area contributed by atoms with Gasteiger partial charge in [0, 0.05) is 14.5 Å².